The maximum absolute atomic E-state index is 8.90. The summed E-state index contributed by atoms with van der Waals surface area (Å²) in [4.78, 5) is 3.88. The summed E-state index contributed by atoms with van der Waals surface area (Å²) < 4.78 is 4.97. The summed E-state index contributed by atoms with van der Waals surface area (Å²) in [6.07, 6.45) is 3.78. The first-order valence-electron chi connectivity index (χ1n) is 4.12. The Morgan fingerprint density at radius 2 is 1.87 bits per heavy atom. The van der Waals surface area contributed by atoms with Gasteiger partial charge in [0.05, 0.1) is 22.9 Å². The Labute approximate surface area is 86.0 Å². The maximum atomic E-state index is 8.90. The number of hydrogen-bond donors (Lipinski definition) is 0. The molecule has 69 valence electrons. The van der Waals surface area contributed by atoms with Crippen LogP contribution in [0.15, 0.2) is 28.8 Å². The molecule has 0 aliphatic carbocycles. The van der Waals surface area contributed by atoms with Gasteiger partial charge in [-0.05, 0) is 12.1 Å². The van der Waals surface area contributed by atoms with E-state index in [-0.39, 0.29) is 5.89 Å². The molecule has 1 heterocycles. The molecule has 0 amide bonds. The minimum atomic E-state index is 0.240. The fourth-order valence-corrected chi connectivity index (χ4v) is 1.28. The first-order chi connectivity index (χ1) is 7.36. The van der Waals surface area contributed by atoms with Crippen LogP contribution in [0, 0.1) is 28.9 Å². The van der Waals surface area contributed by atoms with Crippen molar-refractivity contribution in [2.24, 2.45) is 0 Å². The van der Waals surface area contributed by atoms with Crippen LogP contribution in [0.25, 0.3) is 11.5 Å². The van der Waals surface area contributed by atoms with Crippen LogP contribution >= 0.6 is 0 Å². The van der Waals surface area contributed by atoms with Crippen LogP contribution in [0.1, 0.15) is 11.1 Å². The second-order valence-corrected chi connectivity index (χ2v) is 2.74. The third kappa shape index (κ3) is 1.45. The summed E-state index contributed by atoms with van der Waals surface area (Å²) in [5, 5.41) is 17.8. The summed E-state index contributed by atoms with van der Waals surface area (Å²) in [6, 6.07) is 8.86. The molecule has 0 spiro atoms. The van der Waals surface area contributed by atoms with E-state index in [0.29, 0.717) is 16.7 Å². The van der Waals surface area contributed by atoms with E-state index in [4.69, 9.17) is 14.9 Å². The third-order valence-corrected chi connectivity index (χ3v) is 1.91. The molecule has 15 heavy (non-hydrogen) atoms. The second-order valence-electron chi connectivity index (χ2n) is 2.74. The van der Waals surface area contributed by atoms with Gasteiger partial charge in [-0.15, -0.1) is 0 Å². The highest BCUT2D eigenvalue weighted by Gasteiger charge is 2.13. The molecule has 0 aliphatic rings. The molecule has 1 aromatic heterocycles. The molecule has 1 radical (unpaired) electrons. The number of rotatable bonds is 1. The van der Waals surface area contributed by atoms with Crippen LogP contribution in [0.3, 0.4) is 0 Å². The fourth-order valence-electron chi connectivity index (χ4n) is 1.28. The van der Waals surface area contributed by atoms with Crippen LogP contribution in [-0.2, 0) is 0 Å². The average molecular weight is 194 g/mol. The van der Waals surface area contributed by atoms with E-state index in [1.165, 1.54) is 6.20 Å². The Bertz CT molecular complexity index is 526. The van der Waals surface area contributed by atoms with Crippen molar-refractivity contribution in [3.05, 3.63) is 41.8 Å². The summed E-state index contributed by atoms with van der Waals surface area (Å²) in [5.41, 5.74) is 1.15. The monoisotopic (exact) mass is 194 g/mol. The van der Waals surface area contributed by atoms with Gasteiger partial charge in [0.25, 0.3) is 0 Å². The highest BCUT2D eigenvalue weighted by molar-refractivity contribution is 5.70. The van der Waals surface area contributed by atoms with Crippen LogP contribution in [-0.4, -0.2) is 4.98 Å². The van der Waals surface area contributed by atoms with Crippen molar-refractivity contribution in [2.75, 3.05) is 0 Å². The highest BCUT2D eigenvalue weighted by Crippen LogP contribution is 2.25. The van der Waals surface area contributed by atoms with Crippen LogP contribution in [0.2, 0.25) is 0 Å². The summed E-state index contributed by atoms with van der Waals surface area (Å²) in [5.74, 6) is 0.240. The molecule has 2 aromatic rings. The van der Waals surface area contributed by atoms with Crippen molar-refractivity contribution in [1.82, 2.24) is 4.98 Å². The zero-order chi connectivity index (χ0) is 10.7. The van der Waals surface area contributed by atoms with Gasteiger partial charge in [0.2, 0.25) is 5.89 Å². The molecule has 0 saturated carbocycles. The lowest BCUT2D eigenvalue weighted by Gasteiger charge is -2.00. The smallest absolute Gasteiger partial charge is 0.229 e. The molecule has 4 nitrogen and oxygen atoms in total. The molecule has 0 saturated heterocycles. The van der Waals surface area contributed by atoms with E-state index < -0.39 is 0 Å². The second kappa shape index (κ2) is 3.65. The largest absolute Gasteiger partial charge is 0.433 e. The first kappa shape index (κ1) is 8.98. The van der Waals surface area contributed by atoms with Crippen molar-refractivity contribution in [1.29, 1.82) is 10.5 Å². The van der Waals surface area contributed by atoms with Crippen molar-refractivity contribution in [3.63, 3.8) is 0 Å². The quantitative estimate of drug-likeness (QED) is 0.694. The van der Waals surface area contributed by atoms with Gasteiger partial charge in [-0.1, -0.05) is 6.07 Å². The van der Waals surface area contributed by atoms with Gasteiger partial charge in [-0.2, -0.15) is 10.5 Å². The van der Waals surface area contributed by atoms with Crippen molar-refractivity contribution in [3.8, 4) is 23.6 Å². The van der Waals surface area contributed by atoms with E-state index in [0.717, 1.165) is 0 Å². The van der Waals surface area contributed by atoms with Gasteiger partial charge in [-0.3, -0.25) is 0 Å². The summed E-state index contributed by atoms with van der Waals surface area (Å²) >= 11 is 0. The van der Waals surface area contributed by atoms with Gasteiger partial charge in [0.1, 0.15) is 12.1 Å². The molecule has 4 heteroatoms. The minimum Gasteiger partial charge on any atom is -0.433 e. The standard InChI is InChI=1S/C11H4N3O/c12-6-8-2-1-3-9(7-13)10(8)11-14-4-5-15-11/h1-4H. The lowest BCUT2D eigenvalue weighted by molar-refractivity contribution is 0.565. The molecular weight excluding hydrogens is 190 g/mol. The van der Waals surface area contributed by atoms with Crippen molar-refractivity contribution < 1.29 is 4.42 Å². The van der Waals surface area contributed by atoms with Gasteiger partial charge in [-0.25, -0.2) is 4.98 Å². The Morgan fingerprint density at radius 3 is 2.33 bits per heavy atom. The number of aromatic nitrogens is 1. The predicted octanol–water partition coefficient (Wildman–Crippen LogP) is 1.89. The molecule has 0 aliphatic heterocycles. The van der Waals surface area contributed by atoms with Crippen LogP contribution in [0.4, 0.5) is 0 Å². The lowest BCUT2D eigenvalue weighted by Crippen LogP contribution is -1.89. The van der Waals surface area contributed by atoms with E-state index >= 15 is 0 Å². The minimum absolute atomic E-state index is 0.240. The van der Waals surface area contributed by atoms with Gasteiger partial charge in [0, 0.05) is 0 Å². The van der Waals surface area contributed by atoms with E-state index in [1.807, 2.05) is 12.1 Å². The van der Waals surface area contributed by atoms with Crippen LogP contribution in [0.5, 0.6) is 0 Å². The van der Waals surface area contributed by atoms with Crippen molar-refractivity contribution in [2.45, 2.75) is 0 Å². The molecule has 0 fully saturated rings. The summed E-state index contributed by atoms with van der Waals surface area (Å²) in [6.45, 7) is 0. The van der Waals surface area contributed by atoms with Crippen LogP contribution < -0.4 is 0 Å². The number of nitriles is 2. The highest BCUT2D eigenvalue weighted by atomic mass is 16.3. The Kier molecular flexibility index (Phi) is 2.19. The zero-order valence-electron chi connectivity index (χ0n) is 7.56. The topological polar surface area (TPSA) is 73.6 Å². The summed E-state index contributed by atoms with van der Waals surface area (Å²) in [7, 11) is 0. The molecule has 0 bridgehead atoms. The molecule has 0 N–H and O–H groups in total. The Hall–Kier alpha value is -2.59. The molecule has 1 aromatic carbocycles. The third-order valence-electron chi connectivity index (χ3n) is 1.91. The van der Waals surface area contributed by atoms with Gasteiger partial charge >= 0.3 is 0 Å². The first-order valence-corrected chi connectivity index (χ1v) is 4.12. The fraction of sp³-hybridized carbons (Fsp3) is 0. The molecule has 0 unspecified atom stereocenters. The van der Waals surface area contributed by atoms with Crippen molar-refractivity contribution >= 4 is 0 Å². The molecular formula is C11H4N3O. The number of nitrogens with zero attached hydrogens (tertiary/aromatic N) is 3. The lowest BCUT2D eigenvalue weighted by atomic mass is 10.0. The number of oxazole rings is 1. The maximum Gasteiger partial charge on any atom is 0.229 e. The van der Waals surface area contributed by atoms with Gasteiger partial charge < -0.3 is 4.42 Å². The van der Waals surface area contributed by atoms with E-state index in [2.05, 4.69) is 11.2 Å². The molecule has 0 atom stereocenters. The zero-order valence-corrected chi connectivity index (χ0v) is 7.56. The van der Waals surface area contributed by atoms with E-state index in [9.17, 15) is 0 Å². The Morgan fingerprint density at radius 1 is 1.20 bits per heavy atom. The average Bonchev–Trinajstić information content (AvgIpc) is 2.81. The predicted molar refractivity (Wildman–Crippen MR) is 50.2 cm³/mol. The number of hydrogen-bond acceptors (Lipinski definition) is 4. The Balaban J connectivity index is 2.75. The normalized spacial score (nSPS) is 9.20. The SMILES string of the molecule is N#Cc1cccc(C#N)c1-c1nc[c]o1. The molecule has 2 rings (SSSR count). The van der Waals surface area contributed by atoms with Gasteiger partial charge in [0.15, 0.2) is 6.26 Å². The van der Waals surface area contributed by atoms with E-state index in [1.54, 1.807) is 18.2 Å². The number of benzene rings is 1.